The first kappa shape index (κ1) is 26.0. The number of aryl methyl sites for hydroxylation is 1. The van der Waals surface area contributed by atoms with E-state index in [0.717, 1.165) is 36.3 Å². The molecule has 3 rings (SSSR count). The number of rotatable bonds is 8. The third-order valence-corrected chi connectivity index (χ3v) is 6.80. The Morgan fingerprint density at radius 3 is 2.58 bits per heavy atom. The Kier molecular flexibility index (Phi) is 10.7. The molecule has 0 bridgehead atoms. The molecule has 0 saturated carbocycles. The molecule has 1 aliphatic heterocycles. The maximum atomic E-state index is 5.38. The average molecular weight is 558 g/mol. The van der Waals surface area contributed by atoms with Crippen LogP contribution in [0.25, 0.3) is 0 Å². The van der Waals surface area contributed by atoms with Crippen molar-refractivity contribution in [3.63, 3.8) is 0 Å². The fourth-order valence-corrected chi connectivity index (χ4v) is 4.71. The Morgan fingerprint density at radius 1 is 1.29 bits per heavy atom. The maximum absolute atomic E-state index is 5.38. The van der Waals surface area contributed by atoms with E-state index in [0.29, 0.717) is 12.6 Å². The molecule has 1 saturated heterocycles. The lowest BCUT2D eigenvalue weighted by molar-refractivity contribution is 0.119. The minimum absolute atomic E-state index is 0. The molecule has 31 heavy (non-hydrogen) atoms. The number of benzene rings is 1. The molecule has 172 valence electrons. The monoisotopic (exact) mass is 557 g/mol. The van der Waals surface area contributed by atoms with Crippen molar-refractivity contribution in [3.05, 3.63) is 51.5 Å². The van der Waals surface area contributed by atoms with Gasteiger partial charge >= 0.3 is 0 Å². The number of likely N-dealkylation sites (tertiary alicyclic amines) is 1. The molecule has 1 N–H and O–H groups in total. The molecule has 2 heterocycles. The number of aliphatic imine (C=N–C) groups is 1. The summed E-state index contributed by atoms with van der Waals surface area (Å²) in [7, 11) is 5.62. The Morgan fingerprint density at radius 2 is 1.97 bits per heavy atom. The third-order valence-electron chi connectivity index (χ3n) is 5.74. The molecule has 0 aliphatic carbocycles. The molecule has 0 radical (unpaired) electrons. The van der Waals surface area contributed by atoms with Crippen LogP contribution in [0.1, 0.15) is 53.7 Å². The van der Waals surface area contributed by atoms with E-state index in [-0.39, 0.29) is 30.1 Å². The lowest BCUT2D eigenvalue weighted by atomic mass is 10.0. The van der Waals surface area contributed by atoms with Crippen molar-refractivity contribution in [3.8, 4) is 0 Å². The van der Waals surface area contributed by atoms with Crippen LogP contribution in [0.2, 0.25) is 0 Å². The van der Waals surface area contributed by atoms with Crippen molar-refractivity contribution in [2.45, 2.75) is 45.4 Å². The van der Waals surface area contributed by atoms with E-state index < -0.39 is 0 Å². The summed E-state index contributed by atoms with van der Waals surface area (Å²) in [5.74, 6) is 0.889. The van der Waals surface area contributed by atoms with E-state index in [4.69, 9.17) is 9.72 Å². The molecule has 1 aromatic heterocycles. The number of nitrogens with one attached hydrogen (secondary N) is 1. The number of methoxy groups -OCH3 is 1. The van der Waals surface area contributed by atoms with Gasteiger partial charge in [0.2, 0.25) is 0 Å². The summed E-state index contributed by atoms with van der Waals surface area (Å²) in [6.07, 6.45) is 2.59. The normalized spacial score (nSPS) is 16.6. The van der Waals surface area contributed by atoms with Crippen molar-refractivity contribution >= 4 is 41.3 Å². The van der Waals surface area contributed by atoms with Gasteiger partial charge in [0.05, 0.1) is 18.3 Å². The second-order valence-electron chi connectivity index (χ2n) is 8.01. The van der Waals surface area contributed by atoms with Crippen LogP contribution >= 0.6 is 35.3 Å². The molecule has 2 aromatic rings. The summed E-state index contributed by atoms with van der Waals surface area (Å²) >= 11 is 1.65. The first-order valence-corrected chi connectivity index (χ1v) is 11.6. The largest absolute Gasteiger partial charge is 0.375 e. The number of aromatic nitrogens is 1. The molecule has 6 nitrogen and oxygen atoms in total. The van der Waals surface area contributed by atoms with Crippen LogP contribution in [0, 0.1) is 6.92 Å². The molecule has 1 fully saturated rings. The number of guanidine groups is 1. The van der Waals surface area contributed by atoms with Crippen LogP contribution in [0.3, 0.4) is 0 Å². The van der Waals surface area contributed by atoms with Gasteiger partial charge in [-0.3, -0.25) is 9.89 Å². The number of hydrogen-bond acceptors (Lipinski definition) is 5. The summed E-state index contributed by atoms with van der Waals surface area (Å²) < 4.78 is 5.38. The minimum atomic E-state index is 0. The smallest absolute Gasteiger partial charge is 0.193 e. The molecule has 1 aliphatic rings. The van der Waals surface area contributed by atoms with Crippen molar-refractivity contribution in [1.82, 2.24) is 20.1 Å². The molecule has 2 unspecified atom stereocenters. The zero-order valence-corrected chi connectivity index (χ0v) is 22.4. The highest BCUT2D eigenvalue weighted by Crippen LogP contribution is 2.25. The van der Waals surface area contributed by atoms with Gasteiger partial charge in [-0.05, 0) is 45.3 Å². The summed E-state index contributed by atoms with van der Waals surface area (Å²) in [6.45, 7) is 8.04. The van der Waals surface area contributed by atoms with E-state index >= 15 is 0 Å². The van der Waals surface area contributed by atoms with E-state index in [9.17, 15) is 0 Å². The molecule has 1 aromatic carbocycles. The van der Waals surface area contributed by atoms with Crippen molar-refractivity contribution in [2.75, 3.05) is 40.8 Å². The molecular weight excluding hydrogens is 521 g/mol. The second kappa shape index (κ2) is 12.7. The van der Waals surface area contributed by atoms with Crippen LogP contribution in [-0.2, 0) is 11.3 Å². The Hall–Kier alpha value is -1.23. The third kappa shape index (κ3) is 7.13. The highest BCUT2D eigenvalue weighted by molar-refractivity contribution is 14.0. The first-order valence-electron chi connectivity index (χ1n) is 10.7. The highest BCUT2D eigenvalue weighted by atomic mass is 127. The van der Waals surface area contributed by atoms with Gasteiger partial charge in [0, 0.05) is 33.1 Å². The highest BCUT2D eigenvalue weighted by Gasteiger charge is 2.24. The van der Waals surface area contributed by atoms with Gasteiger partial charge in [-0.25, -0.2) is 4.98 Å². The zero-order valence-electron chi connectivity index (χ0n) is 19.3. The molecule has 0 spiro atoms. The number of ether oxygens (including phenoxy) is 1. The summed E-state index contributed by atoms with van der Waals surface area (Å²) in [5, 5.41) is 6.72. The van der Waals surface area contributed by atoms with Crippen molar-refractivity contribution < 1.29 is 4.74 Å². The number of halogens is 1. The number of hydrogen-bond donors (Lipinski definition) is 1. The quantitative estimate of drug-likeness (QED) is 0.292. The Balaban J connectivity index is 0.00000341. The second-order valence-corrected chi connectivity index (χ2v) is 8.90. The lowest BCUT2D eigenvalue weighted by Gasteiger charge is -2.30. The fraction of sp³-hybridized carbons (Fsp3) is 0.565. The maximum Gasteiger partial charge on any atom is 0.193 e. The summed E-state index contributed by atoms with van der Waals surface area (Å²) in [4.78, 5) is 13.9. The van der Waals surface area contributed by atoms with E-state index in [1.807, 2.05) is 14.0 Å². The van der Waals surface area contributed by atoms with Crippen LogP contribution in [0.4, 0.5) is 0 Å². The molecule has 2 atom stereocenters. The van der Waals surface area contributed by atoms with Gasteiger partial charge < -0.3 is 15.0 Å². The predicted molar refractivity (Wildman–Crippen MR) is 141 cm³/mol. The van der Waals surface area contributed by atoms with Crippen molar-refractivity contribution in [2.24, 2.45) is 4.99 Å². The predicted octanol–water partition coefficient (Wildman–Crippen LogP) is 4.62. The van der Waals surface area contributed by atoms with Gasteiger partial charge in [-0.15, -0.1) is 35.3 Å². The minimum Gasteiger partial charge on any atom is -0.375 e. The van der Waals surface area contributed by atoms with Crippen LogP contribution in [-0.4, -0.2) is 61.6 Å². The van der Waals surface area contributed by atoms with Crippen LogP contribution in [0.15, 0.2) is 34.6 Å². The van der Waals surface area contributed by atoms with Gasteiger partial charge in [0.25, 0.3) is 0 Å². The van der Waals surface area contributed by atoms with E-state index in [1.165, 1.54) is 24.0 Å². The van der Waals surface area contributed by atoms with Gasteiger partial charge in [-0.2, -0.15) is 0 Å². The molecule has 8 heteroatoms. The topological polar surface area (TPSA) is 53.0 Å². The average Bonchev–Trinajstić information content (AvgIpc) is 3.44. The Labute approximate surface area is 208 Å². The van der Waals surface area contributed by atoms with Crippen LogP contribution < -0.4 is 5.32 Å². The summed E-state index contributed by atoms with van der Waals surface area (Å²) in [6, 6.07) is 9.30. The molecule has 0 amide bonds. The number of thiazole rings is 1. The standard InChI is InChI=1S/C23H35N5OS.HI/c1-17-8-10-19(11-9-17)21(28-12-6-7-13-28)14-25-23(24-3)27(4)15-20-16-30-22(26-20)18(2)29-5;/h8-11,16,18,21H,6-7,12-15H2,1-5H3,(H,24,25);1H. The fourth-order valence-electron chi connectivity index (χ4n) is 3.87. The number of nitrogens with zero attached hydrogens (tertiary/aromatic N) is 4. The molecular formula is C23H36IN5OS. The van der Waals surface area contributed by atoms with E-state index in [2.05, 4.69) is 63.7 Å². The van der Waals surface area contributed by atoms with Crippen LogP contribution in [0.5, 0.6) is 0 Å². The van der Waals surface area contributed by atoms with Crippen molar-refractivity contribution in [1.29, 1.82) is 0 Å². The summed E-state index contributed by atoms with van der Waals surface area (Å²) in [5.41, 5.74) is 3.71. The zero-order chi connectivity index (χ0) is 21.5. The SMILES string of the molecule is CN=C(NCC(c1ccc(C)cc1)N1CCCC1)N(C)Cc1csc(C(C)OC)n1.I. The van der Waals surface area contributed by atoms with E-state index in [1.54, 1.807) is 18.4 Å². The van der Waals surface area contributed by atoms with Gasteiger partial charge in [-0.1, -0.05) is 29.8 Å². The lowest BCUT2D eigenvalue weighted by Crippen LogP contribution is -2.43. The van der Waals surface area contributed by atoms with Gasteiger partial charge in [0.15, 0.2) is 5.96 Å². The Bertz CT molecular complexity index is 820. The van der Waals surface area contributed by atoms with Gasteiger partial charge in [0.1, 0.15) is 11.1 Å². The first-order chi connectivity index (χ1) is 14.5.